The van der Waals surface area contributed by atoms with Crippen LogP contribution in [0.5, 0.6) is 0 Å². The van der Waals surface area contributed by atoms with E-state index < -0.39 is 0 Å². The van der Waals surface area contributed by atoms with E-state index in [1.165, 1.54) is 6.07 Å². The van der Waals surface area contributed by atoms with Gasteiger partial charge < -0.3 is 5.11 Å². The smallest absolute Gasteiger partial charge is 0.129 e. The summed E-state index contributed by atoms with van der Waals surface area (Å²) in [5.74, 6) is 0.0516. The van der Waals surface area contributed by atoms with E-state index in [4.69, 9.17) is 11.6 Å². The zero-order valence-corrected chi connectivity index (χ0v) is 11.3. The molecule has 1 aromatic carbocycles. The summed E-state index contributed by atoms with van der Waals surface area (Å²) in [5.41, 5.74) is 0.672. The lowest BCUT2D eigenvalue weighted by Crippen LogP contribution is -2.39. The number of benzene rings is 1. The summed E-state index contributed by atoms with van der Waals surface area (Å²) in [6, 6.07) is 4.81. The Hall–Kier alpha value is -0.640. The first-order chi connectivity index (χ1) is 8.56. The maximum atomic E-state index is 13.7. The van der Waals surface area contributed by atoms with Crippen LogP contribution >= 0.6 is 11.6 Å². The van der Waals surface area contributed by atoms with Gasteiger partial charge in [-0.2, -0.15) is 0 Å². The topological polar surface area (TPSA) is 23.5 Å². The van der Waals surface area contributed by atoms with E-state index in [0.717, 1.165) is 25.9 Å². The molecule has 0 aliphatic carbocycles. The minimum absolute atomic E-state index is 0.248. The van der Waals surface area contributed by atoms with Gasteiger partial charge >= 0.3 is 0 Å². The predicted molar refractivity (Wildman–Crippen MR) is 71.1 cm³/mol. The highest BCUT2D eigenvalue weighted by Crippen LogP contribution is 2.23. The third-order valence-electron chi connectivity index (χ3n) is 3.63. The van der Waals surface area contributed by atoms with Crippen LogP contribution < -0.4 is 0 Å². The Bertz CT molecular complexity index is 411. The monoisotopic (exact) mass is 271 g/mol. The molecule has 1 aliphatic rings. The summed E-state index contributed by atoms with van der Waals surface area (Å²) < 4.78 is 13.7. The minimum atomic E-state index is -0.289. The van der Waals surface area contributed by atoms with Crippen molar-refractivity contribution in [1.82, 2.24) is 4.90 Å². The summed E-state index contributed by atoms with van der Waals surface area (Å²) in [6.07, 6.45) is 1.82. The van der Waals surface area contributed by atoms with Crippen molar-refractivity contribution < 1.29 is 9.50 Å². The number of halogens is 2. The first kappa shape index (κ1) is 13.8. The van der Waals surface area contributed by atoms with Gasteiger partial charge in [0, 0.05) is 23.7 Å². The molecule has 0 amide bonds. The molecule has 0 radical (unpaired) electrons. The number of aliphatic hydroxyl groups excluding tert-OH is 1. The number of likely N-dealkylation sites (tertiary alicyclic amines) is 1. The lowest BCUT2D eigenvalue weighted by molar-refractivity contribution is 0.0595. The third-order valence-corrected chi connectivity index (χ3v) is 3.87. The quantitative estimate of drug-likeness (QED) is 0.913. The average Bonchev–Trinajstić information content (AvgIpc) is 2.33. The number of hydrogen-bond donors (Lipinski definition) is 1. The fourth-order valence-corrected chi connectivity index (χ4v) is 2.68. The summed E-state index contributed by atoms with van der Waals surface area (Å²) in [5, 5.41) is 10.1. The van der Waals surface area contributed by atoms with Gasteiger partial charge in [-0.15, -0.1) is 0 Å². The molecule has 4 heteroatoms. The maximum Gasteiger partial charge on any atom is 0.129 e. The van der Waals surface area contributed by atoms with Crippen LogP contribution in [-0.2, 0) is 6.54 Å². The second-order valence-electron chi connectivity index (χ2n) is 5.11. The van der Waals surface area contributed by atoms with Crippen LogP contribution in [0.3, 0.4) is 0 Å². The molecule has 0 unspecified atom stereocenters. The molecule has 1 aromatic rings. The molecule has 1 fully saturated rings. The van der Waals surface area contributed by atoms with Crippen molar-refractivity contribution in [3.63, 3.8) is 0 Å². The Kier molecular flexibility index (Phi) is 4.60. The van der Waals surface area contributed by atoms with Crippen molar-refractivity contribution in [3.8, 4) is 0 Å². The SMILES string of the molecule is C[C@H](O)[C@H]1CCCN(Cc2ccc(Cl)cc2F)C1. The van der Waals surface area contributed by atoms with E-state index in [1.807, 2.05) is 6.92 Å². The second kappa shape index (κ2) is 6.00. The van der Waals surface area contributed by atoms with Crippen molar-refractivity contribution in [1.29, 1.82) is 0 Å². The van der Waals surface area contributed by atoms with Crippen LogP contribution in [0.15, 0.2) is 18.2 Å². The number of rotatable bonds is 3. The van der Waals surface area contributed by atoms with Crippen molar-refractivity contribution in [3.05, 3.63) is 34.6 Å². The lowest BCUT2D eigenvalue weighted by atomic mass is 9.93. The number of nitrogens with zero attached hydrogens (tertiary/aromatic N) is 1. The molecule has 1 N–H and O–H groups in total. The van der Waals surface area contributed by atoms with E-state index in [-0.39, 0.29) is 11.9 Å². The Morgan fingerprint density at radius 2 is 2.33 bits per heavy atom. The molecule has 2 rings (SSSR count). The Morgan fingerprint density at radius 1 is 1.56 bits per heavy atom. The summed E-state index contributed by atoms with van der Waals surface area (Å²) in [6.45, 7) is 4.22. The van der Waals surface area contributed by atoms with E-state index >= 15 is 0 Å². The van der Waals surface area contributed by atoms with Crippen molar-refractivity contribution in [2.24, 2.45) is 5.92 Å². The first-order valence-electron chi connectivity index (χ1n) is 6.40. The zero-order valence-electron chi connectivity index (χ0n) is 10.6. The molecule has 100 valence electrons. The summed E-state index contributed by atoms with van der Waals surface area (Å²) in [4.78, 5) is 2.20. The molecule has 1 aliphatic heterocycles. The maximum absolute atomic E-state index is 13.7. The van der Waals surface area contributed by atoms with Gasteiger partial charge in [0.2, 0.25) is 0 Å². The van der Waals surface area contributed by atoms with Crippen molar-refractivity contribution >= 4 is 11.6 Å². The van der Waals surface area contributed by atoms with Crippen molar-refractivity contribution in [2.75, 3.05) is 13.1 Å². The number of piperidine rings is 1. The van der Waals surface area contributed by atoms with E-state index in [0.29, 0.717) is 23.0 Å². The van der Waals surface area contributed by atoms with E-state index in [2.05, 4.69) is 4.90 Å². The lowest BCUT2D eigenvalue weighted by Gasteiger charge is -2.34. The standard InChI is InChI=1S/C14H19ClFNO/c1-10(18)11-3-2-6-17(8-11)9-12-4-5-13(15)7-14(12)16/h4-5,7,10-11,18H,2-3,6,8-9H2,1H3/t10-,11-/m0/s1. The third kappa shape index (κ3) is 3.44. The van der Waals surface area contributed by atoms with Gasteiger partial charge in [-0.3, -0.25) is 4.90 Å². The number of aliphatic hydroxyl groups is 1. The molecule has 0 aromatic heterocycles. The second-order valence-corrected chi connectivity index (χ2v) is 5.55. The molecule has 18 heavy (non-hydrogen) atoms. The average molecular weight is 272 g/mol. The molecular weight excluding hydrogens is 253 g/mol. The van der Waals surface area contributed by atoms with Gasteiger partial charge in [0.1, 0.15) is 5.82 Å². The van der Waals surface area contributed by atoms with E-state index in [1.54, 1.807) is 12.1 Å². The Balaban J connectivity index is 2.00. The molecule has 2 atom stereocenters. The van der Waals surface area contributed by atoms with Gasteiger partial charge in [-0.05, 0) is 44.4 Å². The largest absolute Gasteiger partial charge is 0.393 e. The zero-order chi connectivity index (χ0) is 13.1. The van der Waals surface area contributed by atoms with Gasteiger partial charge in [-0.25, -0.2) is 4.39 Å². The fourth-order valence-electron chi connectivity index (χ4n) is 2.52. The van der Waals surface area contributed by atoms with Crippen LogP contribution in [0, 0.1) is 11.7 Å². The normalized spacial score (nSPS) is 23.0. The first-order valence-corrected chi connectivity index (χ1v) is 6.78. The van der Waals surface area contributed by atoms with Crippen LogP contribution in [0.4, 0.5) is 4.39 Å². The van der Waals surface area contributed by atoms with Gasteiger partial charge in [0.05, 0.1) is 6.10 Å². The van der Waals surface area contributed by atoms with Gasteiger partial charge in [0.15, 0.2) is 0 Å². The van der Waals surface area contributed by atoms with E-state index in [9.17, 15) is 9.50 Å². The molecule has 0 spiro atoms. The highest BCUT2D eigenvalue weighted by Gasteiger charge is 2.23. The van der Waals surface area contributed by atoms with Gasteiger partial charge in [-0.1, -0.05) is 17.7 Å². The summed E-state index contributed by atoms with van der Waals surface area (Å²) in [7, 11) is 0. The number of hydrogen-bond acceptors (Lipinski definition) is 2. The highest BCUT2D eigenvalue weighted by atomic mass is 35.5. The van der Waals surface area contributed by atoms with Crippen LogP contribution in [-0.4, -0.2) is 29.2 Å². The summed E-state index contributed by atoms with van der Waals surface area (Å²) >= 11 is 5.74. The molecule has 1 saturated heterocycles. The van der Waals surface area contributed by atoms with Crippen LogP contribution in [0.1, 0.15) is 25.3 Å². The molecular formula is C14H19ClFNO. The fraction of sp³-hybridized carbons (Fsp3) is 0.571. The Morgan fingerprint density at radius 3 is 3.00 bits per heavy atom. The molecule has 2 nitrogen and oxygen atoms in total. The predicted octanol–water partition coefficient (Wildman–Crippen LogP) is 3.07. The van der Waals surface area contributed by atoms with Gasteiger partial charge in [0.25, 0.3) is 0 Å². The highest BCUT2D eigenvalue weighted by molar-refractivity contribution is 6.30. The molecule has 1 heterocycles. The molecule has 0 saturated carbocycles. The van der Waals surface area contributed by atoms with Crippen molar-refractivity contribution in [2.45, 2.75) is 32.4 Å². The Labute approximate surface area is 112 Å². The van der Waals surface area contributed by atoms with Crippen LogP contribution in [0.2, 0.25) is 5.02 Å². The molecule has 0 bridgehead atoms. The minimum Gasteiger partial charge on any atom is -0.393 e. The van der Waals surface area contributed by atoms with Crippen LogP contribution in [0.25, 0.3) is 0 Å².